The molecule has 2 rings (SSSR count). The van der Waals surface area contributed by atoms with Gasteiger partial charge in [0.05, 0.1) is 0 Å². The fourth-order valence-electron chi connectivity index (χ4n) is 2.39. The predicted molar refractivity (Wildman–Crippen MR) is 45.9 cm³/mol. The molecule has 4 atom stereocenters. The number of rotatable bonds is 0. The van der Waals surface area contributed by atoms with E-state index in [1.54, 1.807) is 0 Å². The number of nitrogens with two attached hydrogens (primary N) is 2. The van der Waals surface area contributed by atoms with Gasteiger partial charge in [0.1, 0.15) is 0 Å². The van der Waals surface area contributed by atoms with Crippen molar-refractivity contribution in [1.82, 2.24) is 0 Å². The highest BCUT2D eigenvalue weighted by molar-refractivity contribution is 5.28. The van der Waals surface area contributed by atoms with Gasteiger partial charge in [0.2, 0.25) is 0 Å². The fraction of sp³-hybridized carbons (Fsp3) is 0.778. The van der Waals surface area contributed by atoms with Crippen LogP contribution in [0.15, 0.2) is 12.2 Å². The summed E-state index contributed by atoms with van der Waals surface area (Å²) in [6.07, 6.45) is 5.60. The molecule has 0 aromatic carbocycles. The van der Waals surface area contributed by atoms with E-state index in [4.69, 9.17) is 11.5 Å². The van der Waals surface area contributed by atoms with Gasteiger partial charge in [-0.2, -0.15) is 0 Å². The van der Waals surface area contributed by atoms with E-state index < -0.39 is 0 Å². The lowest BCUT2D eigenvalue weighted by molar-refractivity contribution is 0.241. The summed E-state index contributed by atoms with van der Waals surface area (Å²) in [6.45, 7) is 4.14. The first kappa shape index (κ1) is 7.32. The Morgan fingerprint density at radius 2 is 1.45 bits per heavy atom. The van der Waals surface area contributed by atoms with E-state index in [1.165, 1.54) is 0 Å². The van der Waals surface area contributed by atoms with Gasteiger partial charge in [-0.1, -0.05) is 12.2 Å². The maximum absolute atomic E-state index is 6.16. The predicted octanol–water partition coefficient (Wildman–Crippen LogP) is 0.627. The Labute approximate surface area is 67.6 Å². The topological polar surface area (TPSA) is 52.0 Å². The molecular formula is C9H16N2. The molecule has 0 heterocycles. The normalized spacial score (nSPS) is 60.7. The van der Waals surface area contributed by atoms with Gasteiger partial charge >= 0.3 is 0 Å². The van der Waals surface area contributed by atoms with Gasteiger partial charge in [-0.15, -0.1) is 0 Å². The summed E-state index contributed by atoms with van der Waals surface area (Å²) in [5.41, 5.74) is 11.9. The third-order valence-electron chi connectivity index (χ3n) is 3.78. The van der Waals surface area contributed by atoms with E-state index in [2.05, 4.69) is 26.0 Å². The van der Waals surface area contributed by atoms with Crippen molar-refractivity contribution in [3.05, 3.63) is 12.2 Å². The minimum Gasteiger partial charge on any atom is -0.323 e. The molecule has 2 nitrogen and oxygen atoms in total. The van der Waals surface area contributed by atoms with Gasteiger partial charge in [0.15, 0.2) is 0 Å². The van der Waals surface area contributed by atoms with Gasteiger partial charge in [0.25, 0.3) is 0 Å². The third-order valence-corrected chi connectivity index (χ3v) is 3.78. The second kappa shape index (κ2) is 1.70. The Morgan fingerprint density at radius 3 is 1.64 bits per heavy atom. The minimum atomic E-state index is -0.202. The van der Waals surface area contributed by atoms with E-state index in [0.717, 1.165) is 6.42 Å². The molecular weight excluding hydrogens is 136 g/mol. The van der Waals surface area contributed by atoms with Crippen LogP contribution in [0.2, 0.25) is 0 Å². The standard InChI is InChI=1S/C9H16N2/c1-8(10)6-3-4-7(5-6)9(8,2)11/h3-4,6-7H,5,10-11H2,1-2H3. The quantitative estimate of drug-likeness (QED) is 0.500. The monoisotopic (exact) mass is 152 g/mol. The summed E-state index contributed by atoms with van der Waals surface area (Å²) in [6, 6.07) is 0. The third kappa shape index (κ3) is 0.644. The lowest BCUT2D eigenvalue weighted by atomic mass is 9.73. The summed E-state index contributed by atoms with van der Waals surface area (Å²) in [5.74, 6) is 1.00. The SMILES string of the molecule is CC1(N)C2C=CC(C2)C1(C)N. The maximum Gasteiger partial charge on any atom is 0.0375 e. The molecule has 0 aromatic rings. The Balaban J connectivity index is 2.45. The van der Waals surface area contributed by atoms with Crippen LogP contribution >= 0.6 is 0 Å². The van der Waals surface area contributed by atoms with Crippen LogP contribution in [-0.4, -0.2) is 11.1 Å². The highest BCUT2D eigenvalue weighted by Crippen LogP contribution is 2.49. The van der Waals surface area contributed by atoms with E-state index in [-0.39, 0.29) is 11.1 Å². The highest BCUT2D eigenvalue weighted by atomic mass is 15.0. The molecule has 11 heavy (non-hydrogen) atoms. The molecule has 0 aliphatic heterocycles. The molecule has 1 saturated carbocycles. The molecule has 0 amide bonds. The largest absolute Gasteiger partial charge is 0.323 e. The Kier molecular flexibility index (Phi) is 1.13. The molecule has 1 fully saturated rings. The summed E-state index contributed by atoms with van der Waals surface area (Å²) in [7, 11) is 0. The van der Waals surface area contributed by atoms with E-state index in [0.29, 0.717) is 11.8 Å². The zero-order valence-electron chi connectivity index (χ0n) is 7.17. The summed E-state index contributed by atoms with van der Waals surface area (Å²) in [4.78, 5) is 0. The van der Waals surface area contributed by atoms with Crippen LogP contribution in [0.4, 0.5) is 0 Å². The van der Waals surface area contributed by atoms with Crippen LogP contribution in [0.1, 0.15) is 20.3 Å². The molecule has 2 bridgehead atoms. The first-order valence-corrected chi connectivity index (χ1v) is 4.22. The van der Waals surface area contributed by atoms with Crippen molar-refractivity contribution in [2.75, 3.05) is 0 Å². The number of fused-ring (bicyclic) bond motifs is 2. The lowest BCUT2D eigenvalue weighted by Gasteiger charge is -2.42. The summed E-state index contributed by atoms with van der Waals surface area (Å²) < 4.78 is 0. The second-order valence-corrected chi connectivity index (χ2v) is 4.40. The molecule has 2 aliphatic rings. The summed E-state index contributed by atoms with van der Waals surface area (Å²) >= 11 is 0. The minimum absolute atomic E-state index is 0.202. The van der Waals surface area contributed by atoms with Crippen molar-refractivity contribution in [3.63, 3.8) is 0 Å². The molecule has 62 valence electrons. The van der Waals surface area contributed by atoms with Crippen molar-refractivity contribution in [2.45, 2.75) is 31.3 Å². The van der Waals surface area contributed by atoms with Crippen molar-refractivity contribution in [2.24, 2.45) is 23.3 Å². The zero-order valence-corrected chi connectivity index (χ0v) is 7.17. The fourth-order valence-corrected chi connectivity index (χ4v) is 2.39. The Hall–Kier alpha value is -0.340. The van der Waals surface area contributed by atoms with Crippen LogP contribution < -0.4 is 11.5 Å². The molecule has 4 N–H and O–H groups in total. The zero-order chi connectivity index (χ0) is 8.28. The lowest BCUT2D eigenvalue weighted by Crippen LogP contribution is -2.64. The van der Waals surface area contributed by atoms with Gasteiger partial charge in [-0.25, -0.2) is 0 Å². The van der Waals surface area contributed by atoms with Crippen molar-refractivity contribution >= 4 is 0 Å². The van der Waals surface area contributed by atoms with Crippen LogP contribution in [0.3, 0.4) is 0 Å². The smallest absolute Gasteiger partial charge is 0.0375 e. The first-order valence-electron chi connectivity index (χ1n) is 4.22. The van der Waals surface area contributed by atoms with Gasteiger partial charge in [-0.3, -0.25) is 0 Å². The number of hydrogen-bond acceptors (Lipinski definition) is 2. The van der Waals surface area contributed by atoms with Crippen LogP contribution in [-0.2, 0) is 0 Å². The second-order valence-electron chi connectivity index (χ2n) is 4.40. The number of hydrogen-bond donors (Lipinski definition) is 2. The van der Waals surface area contributed by atoms with Gasteiger partial charge < -0.3 is 11.5 Å². The van der Waals surface area contributed by atoms with Gasteiger partial charge in [0, 0.05) is 11.1 Å². The molecule has 0 radical (unpaired) electrons. The molecule has 0 aromatic heterocycles. The van der Waals surface area contributed by atoms with E-state index in [1.807, 2.05) is 0 Å². The maximum atomic E-state index is 6.16. The molecule has 4 unspecified atom stereocenters. The van der Waals surface area contributed by atoms with Crippen LogP contribution in [0.25, 0.3) is 0 Å². The van der Waals surface area contributed by atoms with E-state index >= 15 is 0 Å². The average Bonchev–Trinajstić information content (AvgIpc) is 2.37. The van der Waals surface area contributed by atoms with Crippen molar-refractivity contribution < 1.29 is 0 Å². The van der Waals surface area contributed by atoms with Crippen molar-refractivity contribution in [1.29, 1.82) is 0 Å². The molecule has 0 spiro atoms. The Bertz CT molecular complexity index is 194. The molecule has 2 aliphatic carbocycles. The Morgan fingerprint density at radius 1 is 1.09 bits per heavy atom. The molecule has 0 saturated heterocycles. The average molecular weight is 152 g/mol. The van der Waals surface area contributed by atoms with Crippen LogP contribution in [0, 0.1) is 11.8 Å². The van der Waals surface area contributed by atoms with Gasteiger partial charge in [-0.05, 0) is 32.1 Å². The first-order chi connectivity index (χ1) is 4.96. The molecule has 2 heteroatoms. The van der Waals surface area contributed by atoms with E-state index in [9.17, 15) is 0 Å². The van der Waals surface area contributed by atoms with Crippen molar-refractivity contribution in [3.8, 4) is 0 Å². The highest BCUT2D eigenvalue weighted by Gasteiger charge is 2.56. The summed E-state index contributed by atoms with van der Waals surface area (Å²) in [5, 5.41) is 0. The van der Waals surface area contributed by atoms with Crippen LogP contribution in [0.5, 0.6) is 0 Å².